The van der Waals surface area contributed by atoms with Gasteiger partial charge in [0, 0.05) is 42.9 Å². The molecule has 4 aliphatic carbocycles. The molecule has 0 aliphatic heterocycles. The fourth-order valence-corrected chi connectivity index (χ4v) is 12.5. The molecule has 0 spiro atoms. The average molecular weight is 811 g/mol. The number of rotatable bonds is 2. The summed E-state index contributed by atoms with van der Waals surface area (Å²) in [6.07, 6.45) is 0. The first kappa shape index (κ1) is 36.0. The summed E-state index contributed by atoms with van der Waals surface area (Å²) in [5.41, 5.74) is 0.797. The van der Waals surface area contributed by atoms with E-state index in [0.717, 1.165) is 66.0 Å². The summed E-state index contributed by atoms with van der Waals surface area (Å²) in [4.78, 5) is 46.6. The first-order valence-corrected chi connectivity index (χ1v) is 19.3. The van der Waals surface area contributed by atoms with Gasteiger partial charge in [0.1, 0.15) is 21.4 Å². The molecule has 0 amide bonds. The zero-order valence-corrected chi connectivity index (χ0v) is 32.1. The molecule has 2 aromatic carbocycles. The van der Waals surface area contributed by atoms with Crippen LogP contribution in [0.2, 0.25) is 0 Å². The largest absolute Gasteiger partial charge is 0.287 e. The summed E-state index contributed by atoms with van der Waals surface area (Å²) in [5, 5.41) is 20.2. The average Bonchev–Trinajstić information content (AvgIpc) is 4.02. The Hall–Kier alpha value is -6.62. The maximum Gasteiger partial charge on any atom is 0.271 e. The molecule has 57 heavy (non-hydrogen) atoms. The molecule has 15 heteroatoms. The lowest BCUT2D eigenvalue weighted by atomic mass is 9.74. The number of halogens is 4. The fourth-order valence-electron chi connectivity index (χ4n) is 8.15. The van der Waals surface area contributed by atoms with Crippen molar-refractivity contribution < 1.29 is 27.2 Å². The lowest BCUT2D eigenvalue weighted by Gasteiger charge is -2.28. The van der Waals surface area contributed by atoms with Crippen LogP contribution in [0.25, 0.3) is 40.3 Å². The van der Waals surface area contributed by atoms with Crippen molar-refractivity contribution in [1.82, 2.24) is 0 Å². The fraction of sp³-hybridized carbons (Fsp3) is 0.143. The first-order valence-electron chi connectivity index (χ1n) is 16.8. The molecule has 0 N–H and O–H groups in total. The second kappa shape index (κ2) is 11.9. The zero-order chi connectivity index (χ0) is 40.6. The lowest BCUT2D eigenvalue weighted by molar-refractivity contribution is 0.106. The van der Waals surface area contributed by atoms with Gasteiger partial charge in [-0.1, -0.05) is 27.7 Å². The summed E-state index contributed by atoms with van der Waals surface area (Å²) in [5.74, 6) is -6.39. The second-order valence-corrected chi connectivity index (χ2v) is 17.6. The molecule has 0 saturated heterocycles. The minimum Gasteiger partial charge on any atom is -0.287 e. The van der Waals surface area contributed by atoms with Gasteiger partial charge in [-0.15, -0.1) is 34.0 Å². The summed E-state index contributed by atoms with van der Waals surface area (Å²) in [6, 6.07) is 10.3. The highest BCUT2D eigenvalue weighted by Gasteiger charge is 2.50. The predicted octanol–water partition coefficient (Wildman–Crippen LogP) is 11.3. The minimum absolute atomic E-state index is 0.0705. The Morgan fingerprint density at radius 3 is 1.28 bits per heavy atom. The van der Waals surface area contributed by atoms with Crippen molar-refractivity contribution in [2.75, 3.05) is 0 Å². The third-order valence-electron chi connectivity index (χ3n) is 10.8. The molecule has 3 heterocycles. The number of hydrogen-bond donors (Lipinski definition) is 0. The van der Waals surface area contributed by atoms with Gasteiger partial charge in [-0.25, -0.2) is 47.8 Å². The van der Waals surface area contributed by atoms with Crippen LogP contribution in [0.15, 0.2) is 57.8 Å². The van der Waals surface area contributed by atoms with E-state index in [9.17, 15) is 37.7 Å². The molecule has 4 aliphatic rings. The predicted molar refractivity (Wildman–Crippen MR) is 209 cm³/mol. The highest BCUT2D eigenvalue weighted by Crippen LogP contribution is 2.67. The number of benzene rings is 2. The third kappa shape index (κ3) is 4.71. The van der Waals surface area contributed by atoms with Crippen LogP contribution in [-0.4, -0.2) is 23.0 Å². The summed E-state index contributed by atoms with van der Waals surface area (Å²) < 4.78 is 57.1. The lowest BCUT2D eigenvalue weighted by Crippen LogP contribution is -2.22. The van der Waals surface area contributed by atoms with Crippen molar-refractivity contribution in [3.63, 3.8) is 0 Å². The smallest absolute Gasteiger partial charge is 0.271 e. The Kier molecular flexibility index (Phi) is 7.55. The number of carbonyl (C=O) groups excluding carboxylic acids is 2. The van der Waals surface area contributed by atoms with E-state index >= 15 is 0 Å². The normalized spacial score (nSPS) is 19.3. The Labute approximate surface area is 333 Å². The van der Waals surface area contributed by atoms with Gasteiger partial charge in [-0.2, -0.15) is 0 Å². The van der Waals surface area contributed by atoms with Crippen molar-refractivity contribution >= 4 is 78.1 Å². The molecule has 274 valence electrons. The van der Waals surface area contributed by atoms with Gasteiger partial charge in [-0.3, -0.25) is 9.59 Å². The second-order valence-electron chi connectivity index (χ2n) is 14.5. The van der Waals surface area contributed by atoms with Crippen LogP contribution in [0.5, 0.6) is 0 Å². The van der Waals surface area contributed by atoms with E-state index in [2.05, 4.69) is 47.4 Å². The number of Topliss-reactive ketones (excluding diaryl/α,β-unsaturated/α-hetero) is 2. The van der Waals surface area contributed by atoms with E-state index < -0.39 is 57.1 Å². The van der Waals surface area contributed by atoms with Crippen molar-refractivity contribution in [2.24, 2.45) is 9.98 Å². The van der Waals surface area contributed by atoms with Crippen molar-refractivity contribution in [1.29, 1.82) is 10.5 Å². The van der Waals surface area contributed by atoms with Gasteiger partial charge in [-0.05, 0) is 69.8 Å². The number of thiophene rings is 3. The van der Waals surface area contributed by atoms with E-state index in [1.165, 1.54) is 22.7 Å². The molecular formula is C42H18F4N6O2S3. The molecule has 9 rings (SSSR count). The van der Waals surface area contributed by atoms with E-state index in [1.807, 2.05) is 12.1 Å². The number of nitriles is 2. The van der Waals surface area contributed by atoms with E-state index in [-0.39, 0.29) is 44.8 Å². The number of fused-ring (bicyclic) bond motifs is 9. The number of ketones is 2. The Morgan fingerprint density at radius 1 is 0.596 bits per heavy atom. The molecule has 5 aromatic rings. The summed E-state index contributed by atoms with van der Waals surface area (Å²) in [6.45, 7) is 23.4. The van der Waals surface area contributed by atoms with Crippen LogP contribution in [0.3, 0.4) is 0 Å². The number of allylic oxidation sites excluding steroid dienone is 4. The molecular weight excluding hydrogens is 793 g/mol. The maximum absolute atomic E-state index is 14.3. The molecule has 0 saturated carbocycles. The summed E-state index contributed by atoms with van der Waals surface area (Å²) >= 11 is 4.19. The van der Waals surface area contributed by atoms with Crippen LogP contribution < -0.4 is 0 Å². The van der Waals surface area contributed by atoms with Gasteiger partial charge >= 0.3 is 0 Å². The third-order valence-corrected chi connectivity index (χ3v) is 14.3. The van der Waals surface area contributed by atoms with Gasteiger partial charge < -0.3 is 0 Å². The molecule has 0 radical (unpaired) electrons. The Bertz CT molecular complexity index is 2920. The zero-order valence-electron chi connectivity index (χ0n) is 29.7. The molecule has 0 atom stereocenters. The van der Waals surface area contributed by atoms with Crippen LogP contribution >= 0.6 is 34.0 Å². The number of hydrogen-bond acceptors (Lipinski definition) is 9. The molecule has 0 unspecified atom stereocenters. The highest BCUT2D eigenvalue weighted by molar-refractivity contribution is 7.29. The van der Waals surface area contributed by atoms with Crippen LogP contribution in [-0.2, 0) is 10.8 Å². The van der Waals surface area contributed by atoms with Crippen molar-refractivity contribution in [3.8, 4) is 31.6 Å². The number of aliphatic imine (C=N–C) groups is 2. The Balaban J connectivity index is 1.15. The topological polar surface area (TPSA) is 115 Å². The van der Waals surface area contributed by atoms with Gasteiger partial charge in [0.2, 0.25) is 11.6 Å². The monoisotopic (exact) mass is 810 g/mol. The molecule has 0 fully saturated rings. The number of nitrogens with zero attached hydrogens (tertiary/aromatic N) is 6. The van der Waals surface area contributed by atoms with Gasteiger partial charge in [0.25, 0.3) is 11.4 Å². The van der Waals surface area contributed by atoms with Gasteiger partial charge in [0.15, 0.2) is 23.3 Å². The van der Waals surface area contributed by atoms with Crippen LogP contribution in [0, 0.1) is 59.1 Å². The van der Waals surface area contributed by atoms with E-state index in [4.69, 9.17) is 13.1 Å². The molecule has 3 aromatic heterocycles. The minimum atomic E-state index is -1.24. The standard InChI is InChI=1S/C42H18F4N6O2S3/c1-41(2)19-11-27(51-33-29(25(13-47)49-5)15-7-21(43)23(45)9-17(15)35(33)53)55-37(19)39-31(41)32-40(57-39)38-20(42(32,3)4)12-28(56-38)52-34-30(26(14-48)50-6)16-8-22(44)24(46)10-18(16)36(34)54/h7-12H,1-4H3/b29-25+,30-26?,51-33?,52-34?. The van der Waals surface area contributed by atoms with Crippen molar-refractivity contribution in [2.45, 2.75) is 38.5 Å². The van der Waals surface area contributed by atoms with Crippen LogP contribution in [0.1, 0.15) is 81.8 Å². The van der Waals surface area contributed by atoms with Crippen molar-refractivity contribution in [3.05, 3.63) is 138 Å². The first-order chi connectivity index (χ1) is 27.1. The quantitative estimate of drug-likeness (QED) is 0.100. The molecule has 8 nitrogen and oxygen atoms in total. The summed E-state index contributed by atoms with van der Waals surface area (Å²) in [7, 11) is 0. The number of carbonyl (C=O) groups is 2. The highest BCUT2D eigenvalue weighted by atomic mass is 32.1. The van der Waals surface area contributed by atoms with Crippen LogP contribution in [0.4, 0.5) is 27.6 Å². The maximum atomic E-state index is 14.3. The Morgan fingerprint density at radius 2 is 0.947 bits per heavy atom. The van der Waals surface area contributed by atoms with E-state index in [0.29, 0.717) is 10.0 Å². The molecule has 0 bridgehead atoms. The SMILES string of the molecule is [C-]#[N+]C(C#N)=C1C(=Nc2cc3c(s2)-c2sc4c(c2C3(C)C)C(C)(C)c2cc(N=C3C(=O)c5cc(F)c(F)cc5/C3=C(/C#N)[N+]#[C-])sc2-4)C(=O)c2cc(F)c(F)cc21. The van der Waals surface area contributed by atoms with E-state index in [1.54, 1.807) is 23.5 Å². The van der Waals surface area contributed by atoms with Gasteiger partial charge in [0.05, 0.1) is 35.0 Å².